The Labute approximate surface area is 165 Å². The van der Waals surface area contributed by atoms with Gasteiger partial charge in [0.25, 0.3) is 0 Å². The third kappa shape index (κ3) is 4.64. The molecule has 0 saturated carbocycles. The predicted octanol–water partition coefficient (Wildman–Crippen LogP) is 2.80. The van der Waals surface area contributed by atoms with E-state index in [1.807, 2.05) is 30.3 Å². The maximum Gasteiger partial charge on any atom is 0.224 e. The summed E-state index contributed by atoms with van der Waals surface area (Å²) in [4.78, 5) is 19.1. The van der Waals surface area contributed by atoms with Gasteiger partial charge in [0.1, 0.15) is 12.7 Å². The van der Waals surface area contributed by atoms with Gasteiger partial charge in [0.2, 0.25) is 5.91 Å². The molecule has 1 fully saturated rings. The Kier molecular flexibility index (Phi) is 5.77. The standard InChI is InChI=1S/C22H25N5O/c28-22(20-9-5-11-26(15-20)14-18-6-2-1-3-7-18)24-13-19-8-4-10-21(12-19)27-17-23-16-25-27/h1-4,6-8,10,12,16-17,20H,5,9,11,13-15H2,(H,24,28). The Balaban J connectivity index is 1.32. The second kappa shape index (κ2) is 8.80. The van der Waals surface area contributed by atoms with E-state index in [9.17, 15) is 4.79 Å². The first kappa shape index (κ1) is 18.4. The Morgan fingerprint density at radius 3 is 2.79 bits per heavy atom. The van der Waals surface area contributed by atoms with E-state index in [0.717, 1.165) is 43.7 Å². The van der Waals surface area contributed by atoms with Gasteiger partial charge in [0.05, 0.1) is 11.6 Å². The van der Waals surface area contributed by atoms with Gasteiger partial charge in [-0.2, -0.15) is 5.10 Å². The fourth-order valence-electron chi connectivity index (χ4n) is 3.74. The number of benzene rings is 2. The van der Waals surface area contributed by atoms with Crippen molar-refractivity contribution in [3.05, 3.63) is 78.4 Å². The number of hydrogen-bond acceptors (Lipinski definition) is 4. The minimum Gasteiger partial charge on any atom is -0.352 e. The van der Waals surface area contributed by atoms with Crippen LogP contribution in [0.2, 0.25) is 0 Å². The van der Waals surface area contributed by atoms with Gasteiger partial charge in [-0.1, -0.05) is 42.5 Å². The van der Waals surface area contributed by atoms with Crippen molar-refractivity contribution < 1.29 is 4.79 Å². The molecule has 6 heteroatoms. The summed E-state index contributed by atoms with van der Waals surface area (Å²) >= 11 is 0. The first-order valence-corrected chi connectivity index (χ1v) is 9.76. The molecule has 3 aromatic rings. The van der Waals surface area contributed by atoms with Gasteiger partial charge >= 0.3 is 0 Å². The first-order valence-electron chi connectivity index (χ1n) is 9.76. The highest BCUT2D eigenvalue weighted by Gasteiger charge is 2.25. The smallest absolute Gasteiger partial charge is 0.224 e. The molecule has 1 atom stereocenters. The van der Waals surface area contributed by atoms with E-state index < -0.39 is 0 Å². The Hall–Kier alpha value is -2.99. The van der Waals surface area contributed by atoms with Crippen LogP contribution < -0.4 is 5.32 Å². The Morgan fingerprint density at radius 2 is 1.96 bits per heavy atom. The molecule has 6 nitrogen and oxygen atoms in total. The number of aromatic nitrogens is 3. The molecule has 1 N–H and O–H groups in total. The third-order valence-corrected chi connectivity index (χ3v) is 5.19. The van der Waals surface area contributed by atoms with E-state index in [1.165, 1.54) is 11.9 Å². The molecule has 0 spiro atoms. The third-order valence-electron chi connectivity index (χ3n) is 5.19. The molecule has 1 aliphatic heterocycles. The fourth-order valence-corrected chi connectivity index (χ4v) is 3.74. The van der Waals surface area contributed by atoms with E-state index in [0.29, 0.717) is 6.54 Å². The van der Waals surface area contributed by atoms with Crippen LogP contribution in [0.15, 0.2) is 67.3 Å². The number of rotatable bonds is 6. The number of hydrogen-bond donors (Lipinski definition) is 1. The lowest BCUT2D eigenvalue weighted by molar-refractivity contribution is -0.126. The van der Waals surface area contributed by atoms with Gasteiger partial charge < -0.3 is 5.32 Å². The van der Waals surface area contributed by atoms with Crippen LogP contribution in [0.3, 0.4) is 0 Å². The van der Waals surface area contributed by atoms with Crippen LogP contribution in [0, 0.1) is 5.92 Å². The second-order valence-electron chi connectivity index (χ2n) is 7.29. The van der Waals surface area contributed by atoms with E-state index in [4.69, 9.17) is 0 Å². The quantitative estimate of drug-likeness (QED) is 0.720. The highest BCUT2D eigenvalue weighted by Crippen LogP contribution is 2.19. The lowest BCUT2D eigenvalue weighted by Gasteiger charge is -2.32. The summed E-state index contributed by atoms with van der Waals surface area (Å²) in [5.41, 5.74) is 3.29. The normalized spacial score (nSPS) is 17.4. The zero-order valence-electron chi connectivity index (χ0n) is 15.9. The van der Waals surface area contributed by atoms with Crippen LogP contribution in [-0.2, 0) is 17.9 Å². The van der Waals surface area contributed by atoms with Gasteiger partial charge in [0.15, 0.2) is 0 Å². The van der Waals surface area contributed by atoms with Crippen molar-refractivity contribution >= 4 is 5.91 Å². The van der Waals surface area contributed by atoms with Crippen molar-refractivity contribution in [2.45, 2.75) is 25.9 Å². The van der Waals surface area contributed by atoms with E-state index >= 15 is 0 Å². The molecule has 1 saturated heterocycles. The van der Waals surface area contributed by atoms with Crippen molar-refractivity contribution in [3.63, 3.8) is 0 Å². The number of piperidine rings is 1. The molecule has 2 heterocycles. The number of nitrogens with one attached hydrogen (secondary N) is 1. The lowest BCUT2D eigenvalue weighted by atomic mass is 9.96. The van der Waals surface area contributed by atoms with Crippen LogP contribution in [0.5, 0.6) is 0 Å². The summed E-state index contributed by atoms with van der Waals surface area (Å²) in [7, 11) is 0. The summed E-state index contributed by atoms with van der Waals surface area (Å²) in [5, 5.41) is 7.27. The molecular formula is C22H25N5O. The van der Waals surface area contributed by atoms with E-state index in [1.54, 1.807) is 11.0 Å². The maximum atomic E-state index is 12.7. The molecule has 2 aromatic carbocycles. The molecule has 0 bridgehead atoms. The predicted molar refractivity (Wildman–Crippen MR) is 108 cm³/mol. The number of carbonyl (C=O) groups excluding carboxylic acids is 1. The van der Waals surface area contributed by atoms with Crippen molar-refractivity contribution in [2.24, 2.45) is 5.92 Å². The molecule has 1 aliphatic rings. The molecule has 1 amide bonds. The van der Waals surface area contributed by atoms with Gasteiger partial charge in [-0.3, -0.25) is 9.69 Å². The number of likely N-dealkylation sites (tertiary alicyclic amines) is 1. The molecule has 0 aliphatic carbocycles. The first-order chi connectivity index (χ1) is 13.8. The van der Waals surface area contributed by atoms with E-state index in [2.05, 4.69) is 44.6 Å². The van der Waals surface area contributed by atoms with Gasteiger partial charge in [-0.25, -0.2) is 9.67 Å². The lowest BCUT2D eigenvalue weighted by Crippen LogP contribution is -2.42. The summed E-state index contributed by atoms with van der Waals surface area (Å²) in [6.45, 7) is 3.31. The average Bonchev–Trinajstić information content (AvgIpc) is 3.28. The monoisotopic (exact) mass is 375 g/mol. The van der Waals surface area contributed by atoms with Crippen LogP contribution in [0.4, 0.5) is 0 Å². The van der Waals surface area contributed by atoms with E-state index in [-0.39, 0.29) is 11.8 Å². The van der Waals surface area contributed by atoms with Crippen LogP contribution in [0.25, 0.3) is 5.69 Å². The summed E-state index contributed by atoms with van der Waals surface area (Å²) in [5.74, 6) is 0.194. The zero-order chi connectivity index (χ0) is 19.2. The maximum absolute atomic E-state index is 12.7. The number of amides is 1. The molecule has 28 heavy (non-hydrogen) atoms. The van der Waals surface area contributed by atoms with Crippen molar-refractivity contribution in [1.29, 1.82) is 0 Å². The summed E-state index contributed by atoms with van der Waals surface area (Å²) in [6, 6.07) is 18.4. The number of nitrogens with zero attached hydrogens (tertiary/aromatic N) is 4. The molecule has 144 valence electrons. The van der Waals surface area contributed by atoms with Crippen molar-refractivity contribution in [2.75, 3.05) is 13.1 Å². The topological polar surface area (TPSA) is 63.1 Å². The summed E-state index contributed by atoms with van der Waals surface area (Å²) < 4.78 is 1.72. The Bertz CT molecular complexity index is 894. The molecular weight excluding hydrogens is 350 g/mol. The fraction of sp³-hybridized carbons (Fsp3) is 0.318. The van der Waals surface area contributed by atoms with Crippen molar-refractivity contribution in [3.8, 4) is 5.69 Å². The molecule has 0 radical (unpaired) electrons. The minimum absolute atomic E-state index is 0.0518. The highest BCUT2D eigenvalue weighted by molar-refractivity contribution is 5.79. The van der Waals surface area contributed by atoms with Crippen molar-refractivity contribution in [1.82, 2.24) is 25.0 Å². The molecule has 1 aromatic heterocycles. The summed E-state index contributed by atoms with van der Waals surface area (Å²) in [6.07, 6.45) is 5.20. The van der Waals surface area contributed by atoms with Gasteiger partial charge in [0, 0.05) is 19.6 Å². The average molecular weight is 375 g/mol. The minimum atomic E-state index is 0.0518. The number of carbonyl (C=O) groups is 1. The van der Waals surface area contributed by atoms with Gasteiger partial charge in [-0.05, 0) is 42.6 Å². The molecule has 4 rings (SSSR count). The van der Waals surface area contributed by atoms with Crippen LogP contribution in [-0.4, -0.2) is 38.7 Å². The zero-order valence-corrected chi connectivity index (χ0v) is 15.9. The Morgan fingerprint density at radius 1 is 1.11 bits per heavy atom. The van der Waals surface area contributed by atoms with Gasteiger partial charge in [-0.15, -0.1) is 0 Å². The SMILES string of the molecule is O=C(NCc1cccc(-n2cncn2)c1)C1CCCN(Cc2ccccc2)C1. The van der Waals surface area contributed by atoms with Crippen LogP contribution >= 0.6 is 0 Å². The largest absolute Gasteiger partial charge is 0.352 e. The van der Waals surface area contributed by atoms with Crippen LogP contribution in [0.1, 0.15) is 24.0 Å². The molecule has 1 unspecified atom stereocenters. The second-order valence-corrected chi connectivity index (χ2v) is 7.29. The highest BCUT2D eigenvalue weighted by atomic mass is 16.1.